The van der Waals surface area contributed by atoms with Gasteiger partial charge in [0.25, 0.3) is 0 Å². The second-order valence-electron chi connectivity index (χ2n) is 7.62. The van der Waals surface area contributed by atoms with E-state index < -0.39 is 11.6 Å². The van der Waals surface area contributed by atoms with Gasteiger partial charge in [-0.25, -0.2) is 18.6 Å². The summed E-state index contributed by atoms with van der Waals surface area (Å²) in [7, 11) is 0. The van der Waals surface area contributed by atoms with E-state index in [1.54, 1.807) is 11.0 Å². The molecule has 9 heteroatoms. The molecule has 0 atom stereocenters. The van der Waals surface area contributed by atoms with Crippen molar-refractivity contribution in [2.75, 3.05) is 31.1 Å². The number of hydrogen-bond donors (Lipinski definition) is 1. The van der Waals surface area contributed by atoms with Gasteiger partial charge >= 0.3 is 6.03 Å². The van der Waals surface area contributed by atoms with Gasteiger partial charge in [0.15, 0.2) is 11.6 Å². The second kappa shape index (κ2) is 9.28. The van der Waals surface area contributed by atoms with Crippen LogP contribution in [0.1, 0.15) is 30.5 Å². The Hall–Kier alpha value is -3.23. The van der Waals surface area contributed by atoms with Gasteiger partial charge in [-0.2, -0.15) is 4.98 Å². The number of nitrogens with one attached hydrogen (secondary N) is 1. The maximum Gasteiger partial charge on any atom is 0.317 e. The largest absolute Gasteiger partial charge is 0.435 e. The van der Waals surface area contributed by atoms with Crippen LogP contribution in [0.15, 0.2) is 30.9 Å². The molecule has 0 unspecified atom stereocenters. The Morgan fingerprint density at radius 3 is 2.74 bits per heavy atom. The normalized spacial score (nSPS) is 15.9. The van der Waals surface area contributed by atoms with Crippen molar-refractivity contribution in [1.82, 2.24) is 20.2 Å². The molecular formula is C22H25F2N5O2. The van der Waals surface area contributed by atoms with E-state index in [0.29, 0.717) is 31.0 Å². The van der Waals surface area contributed by atoms with Gasteiger partial charge in [-0.15, -0.1) is 6.58 Å². The number of urea groups is 1. The lowest BCUT2D eigenvalue weighted by Gasteiger charge is -2.31. The number of benzene rings is 1. The lowest BCUT2D eigenvalue weighted by atomic mass is 10.1. The Labute approximate surface area is 179 Å². The first-order valence-electron chi connectivity index (χ1n) is 10.5. The fourth-order valence-electron chi connectivity index (χ4n) is 3.80. The zero-order valence-corrected chi connectivity index (χ0v) is 17.2. The van der Waals surface area contributed by atoms with E-state index in [2.05, 4.69) is 21.8 Å². The summed E-state index contributed by atoms with van der Waals surface area (Å²) in [5.74, 6) is -0.894. The number of aromatic nitrogens is 2. The van der Waals surface area contributed by atoms with Gasteiger partial charge < -0.3 is 19.9 Å². The molecule has 2 aromatic rings. The monoisotopic (exact) mass is 429 g/mol. The van der Waals surface area contributed by atoms with Crippen molar-refractivity contribution in [2.45, 2.75) is 32.2 Å². The van der Waals surface area contributed by atoms with Crippen LogP contribution in [0, 0.1) is 11.6 Å². The molecule has 1 fully saturated rings. The Morgan fingerprint density at radius 1 is 1.19 bits per heavy atom. The first-order valence-corrected chi connectivity index (χ1v) is 10.5. The number of ether oxygens (including phenoxy) is 1. The van der Waals surface area contributed by atoms with Crippen LogP contribution in [0.4, 0.5) is 19.5 Å². The number of piperidine rings is 1. The van der Waals surface area contributed by atoms with E-state index in [1.807, 2.05) is 0 Å². The Bertz CT molecular complexity index is 979. The first kappa shape index (κ1) is 21.0. The van der Waals surface area contributed by atoms with E-state index in [4.69, 9.17) is 9.72 Å². The molecule has 2 aliphatic rings. The first-order chi connectivity index (χ1) is 15.0. The van der Waals surface area contributed by atoms with Crippen LogP contribution in [0.5, 0.6) is 11.6 Å². The van der Waals surface area contributed by atoms with Crippen LogP contribution >= 0.6 is 0 Å². The predicted octanol–water partition coefficient (Wildman–Crippen LogP) is 3.79. The molecule has 1 aromatic carbocycles. The summed E-state index contributed by atoms with van der Waals surface area (Å²) >= 11 is 0. The molecule has 164 valence electrons. The smallest absolute Gasteiger partial charge is 0.317 e. The molecule has 0 radical (unpaired) electrons. The zero-order valence-electron chi connectivity index (χ0n) is 17.2. The van der Waals surface area contributed by atoms with Gasteiger partial charge in [0.2, 0.25) is 11.8 Å². The van der Waals surface area contributed by atoms with Crippen LogP contribution in [0.3, 0.4) is 0 Å². The third-order valence-corrected chi connectivity index (χ3v) is 5.43. The highest BCUT2D eigenvalue weighted by atomic mass is 19.1. The number of fused-ring (bicyclic) bond motifs is 1. The van der Waals surface area contributed by atoms with Gasteiger partial charge in [0, 0.05) is 38.7 Å². The van der Waals surface area contributed by atoms with Gasteiger partial charge in [0.1, 0.15) is 5.82 Å². The molecule has 7 nitrogen and oxygen atoms in total. The Kier molecular flexibility index (Phi) is 6.29. The number of carbonyl (C=O) groups excluding carboxylic acids is 1. The maximum absolute atomic E-state index is 14.3. The second-order valence-corrected chi connectivity index (χ2v) is 7.62. The molecule has 1 N–H and O–H groups in total. The Balaban J connectivity index is 1.68. The third-order valence-electron chi connectivity index (χ3n) is 5.43. The molecule has 0 aliphatic carbocycles. The summed E-state index contributed by atoms with van der Waals surface area (Å²) in [6.45, 7) is 6.38. The fourth-order valence-corrected chi connectivity index (χ4v) is 3.80. The molecule has 2 aliphatic heterocycles. The van der Waals surface area contributed by atoms with E-state index >= 15 is 0 Å². The van der Waals surface area contributed by atoms with E-state index in [-0.39, 0.29) is 24.2 Å². The minimum atomic E-state index is -0.816. The SMILES string of the molecule is C=CCNC(=O)N1CCc2nc(N3CCCCC3)nc(Oc3ccc(F)cc3F)c2C1. The number of halogens is 2. The van der Waals surface area contributed by atoms with Crippen molar-refractivity contribution >= 4 is 12.0 Å². The number of anilines is 1. The minimum Gasteiger partial charge on any atom is -0.435 e. The molecule has 0 saturated carbocycles. The molecule has 1 aromatic heterocycles. The summed E-state index contributed by atoms with van der Waals surface area (Å²) in [6.07, 6.45) is 5.42. The van der Waals surface area contributed by atoms with Gasteiger partial charge in [-0.3, -0.25) is 0 Å². The fraction of sp³-hybridized carbons (Fsp3) is 0.409. The van der Waals surface area contributed by atoms with Crippen molar-refractivity contribution in [1.29, 1.82) is 0 Å². The number of amides is 2. The van der Waals surface area contributed by atoms with Crippen LogP contribution in [0.2, 0.25) is 0 Å². The number of carbonyl (C=O) groups is 1. The minimum absolute atomic E-state index is 0.125. The molecule has 1 saturated heterocycles. The highest BCUT2D eigenvalue weighted by Crippen LogP contribution is 2.33. The van der Waals surface area contributed by atoms with Crippen LogP contribution in [-0.4, -0.2) is 47.1 Å². The highest BCUT2D eigenvalue weighted by Gasteiger charge is 2.28. The number of hydrogen-bond acceptors (Lipinski definition) is 5. The van der Waals surface area contributed by atoms with Gasteiger partial charge in [-0.1, -0.05) is 6.08 Å². The highest BCUT2D eigenvalue weighted by molar-refractivity contribution is 5.74. The number of nitrogens with zero attached hydrogens (tertiary/aromatic N) is 4. The summed E-state index contributed by atoms with van der Waals surface area (Å²) in [4.78, 5) is 25.5. The van der Waals surface area contributed by atoms with Crippen LogP contribution in [-0.2, 0) is 13.0 Å². The van der Waals surface area contributed by atoms with Crippen LogP contribution in [0.25, 0.3) is 0 Å². The average molecular weight is 429 g/mol. The molecule has 3 heterocycles. The summed E-state index contributed by atoms with van der Waals surface area (Å²) in [5.41, 5.74) is 1.41. The standard InChI is InChI=1S/C22H25F2N5O2/c1-2-9-25-22(30)29-12-8-18-16(14-29)20(31-19-7-6-15(23)13-17(19)24)27-21(26-18)28-10-4-3-5-11-28/h2,6-7,13H,1,3-5,8-12,14H2,(H,25,30). The van der Waals surface area contributed by atoms with Crippen LogP contribution < -0.4 is 15.0 Å². The van der Waals surface area contributed by atoms with Crippen molar-refractivity contribution < 1.29 is 18.3 Å². The molecule has 31 heavy (non-hydrogen) atoms. The lowest BCUT2D eigenvalue weighted by Crippen LogP contribution is -2.43. The predicted molar refractivity (Wildman–Crippen MR) is 112 cm³/mol. The summed E-state index contributed by atoms with van der Waals surface area (Å²) in [6, 6.07) is 2.90. The number of rotatable bonds is 5. The van der Waals surface area contributed by atoms with Crippen molar-refractivity contribution in [2.24, 2.45) is 0 Å². The van der Waals surface area contributed by atoms with E-state index in [0.717, 1.165) is 43.8 Å². The third kappa shape index (κ3) is 4.76. The van der Waals surface area contributed by atoms with E-state index in [9.17, 15) is 13.6 Å². The molecule has 0 spiro atoms. The topological polar surface area (TPSA) is 70.6 Å². The molecule has 4 rings (SSSR count). The lowest BCUT2D eigenvalue weighted by molar-refractivity contribution is 0.192. The maximum atomic E-state index is 14.3. The van der Waals surface area contributed by atoms with Crippen molar-refractivity contribution in [3.05, 3.63) is 53.7 Å². The van der Waals surface area contributed by atoms with Gasteiger partial charge in [0.05, 0.1) is 17.8 Å². The molecule has 2 amide bonds. The van der Waals surface area contributed by atoms with Crippen molar-refractivity contribution in [3.63, 3.8) is 0 Å². The van der Waals surface area contributed by atoms with Crippen molar-refractivity contribution in [3.8, 4) is 11.6 Å². The molecule has 0 bridgehead atoms. The van der Waals surface area contributed by atoms with Gasteiger partial charge in [-0.05, 0) is 31.4 Å². The average Bonchev–Trinajstić information content (AvgIpc) is 2.79. The quantitative estimate of drug-likeness (QED) is 0.733. The Morgan fingerprint density at radius 2 is 2.00 bits per heavy atom. The molecular weight excluding hydrogens is 404 g/mol. The summed E-state index contributed by atoms with van der Waals surface area (Å²) in [5, 5.41) is 2.76. The summed E-state index contributed by atoms with van der Waals surface area (Å²) < 4.78 is 33.4. The van der Waals surface area contributed by atoms with E-state index in [1.165, 1.54) is 12.5 Å². The zero-order chi connectivity index (χ0) is 21.8.